The highest BCUT2D eigenvalue weighted by Crippen LogP contribution is 2.64. The zero-order chi connectivity index (χ0) is 13.3. The van der Waals surface area contributed by atoms with Crippen LogP contribution in [0.25, 0.3) is 0 Å². The van der Waals surface area contributed by atoms with Crippen molar-refractivity contribution < 1.29 is 14.3 Å². The zero-order valence-electron chi connectivity index (χ0n) is 10.2. The average molecular weight is 282 g/mol. The molecule has 1 amide bonds. The number of nitrogens with one attached hydrogen (secondary N) is 1. The Labute approximate surface area is 111 Å². The predicted molar refractivity (Wildman–Crippen MR) is 66.0 cm³/mol. The molecular formula is C11H17Cl2NO3. The summed E-state index contributed by atoms with van der Waals surface area (Å²) < 4.78 is 3.82. The summed E-state index contributed by atoms with van der Waals surface area (Å²) in [4.78, 5) is 22.9. The van der Waals surface area contributed by atoms with Gasteiger partial charge in [0.2, 0.25) is 0 Å². The van der Waals surface area contributed by atoms with Crippen molar-refractivity contribution in [1.82, 2.24) is 5.32 Å². The lowest BCUT2D eigenvalue weighted by Crippen LogP contribution is -2.33. The van der Waals surface area contributed by atoms with Gasteiger partial charge in [-0.2, -0.15) is 0 Å². The van der Waals surface area contributed by atoms with Crippen molar-refractivity contribution >= 4 is 35.1 Å². The minimum atomic E-state index is -1.06. The Balaban J connectivity index is 2.28. The standard InChI is InChI=1S/C11H17Cl2NO3/c1-7(2)4-14-8(15)5-17-9(16)10(3)6-11(10,12)13/h7H,4-6H2,1-3H3,(H,14,15). The number of hydrogen-bond donors (Lipinski definition) is 1. The van der Waals surface area contributed by atoms with Crippen molar-refractivity contribution in [3.63, 3.8) is 0 Å². The minimum Gasteiger partial charge on any atom is -0.455 e. The van der Waals surface area contributed by atoms with Crippen LogP contribution in [0, 0.1) is 11.3 Å². The molecule has 1 aliphatic rings. The molecule has 1 atom stereocenters. The fraction of sp³-hybridized carbons (Fsp3) is 0.818. The molecule has 0 aromatic heterocycles. The van der Waals surface area contributed by atoms with Crippen molar-refractivity contribution in [2.75, 3.05) is 13.2 Å². The number of halogens is 2. The van der Waals surface area contributed by atoms with E-state index in [0.29, 0.717) is 18.9 Å². The van der Waals surface area contributed by atoms with Gasteiger partial charge in [0.1, 0.15) is 9.75 Å². The summed E-state index contributed by atoms with van der Waals surface area (Å²) in [5, 5.41) is 2.65. The van der Waals surface area contributed by atoms with Crippen LogP contribution in [0.2, 0.25) is 0 Å². The van der Waals surface area contributed by atoms with Crippen LogP contribution in [0.1, 0.15) is 27.2 Å². The molecule has 1 N–H and O–H groups in total. The minimum absolute atomic E-state index is 0.287. The molecule has 1 saturated carbocycles. The zero-order valence-corrected chi connectivity index (χ0v) is 11.7. The van der Waals surface area contributed by atoms with Crippen LogP contribution in [-0.2, 0) is 14.3 Å². The Morgan fingerprint density at radius 1 is 1.41 bits per heavy atom. The molecule has 17 heavy (non-hydrogen) atoms. The van der Waals surface area contributed by atoms with Gasteiger partial charge >= 0.3 is 5.97 Å². The molecule has 1 rings (SSSR count). The van der Waals surface area contributed by atoms with E-state index < -0.39 is 15.7 Å². The Bertz CT molecular complexity index is 331. The Morgan fingerprint density at radius 3 is 2.35 bits per heavy atom. The van der Waals surface area contributed by atoms with E-state index in [4.69, 9.17) is 27.9 Å². The molecule has 1 aliphatic carbocycles. The predicted octanol–water partition coefficient (Wildman–Crippen LogP) is 1.89. The summed E-state index contributed by atoms with van der Waals surface area (Å²) >= 11 is 11.7. The molecule has 6 heteroatoms. The fourth-order valence-corrected chi connectivity index (χ4v) is 1.97. The number of alkyl halides is 2. The van der Waals surface area contributed by atoms with E-state index in [1.807, 2.05) is 13.8 Å². The number of hydrogen-bond acceptors (Lipinski definition) is 3. The van der Waals surface area contributed by atoms with E-state index in [9.17, 15) is 9.59 Å². The van der Waals surface area contributed by atoms with Gasteiger partial charge in [0.15, 0.2) is 6.61 Å². The van der Waals surface area contributed by atoms with E-state index in [1.54, 1.807) is 6.92 Å². The second-order valence-electron chi connectivity index (χ2n) is 4.99. The SMILES string of the molecule is CC(C)CNC(=O)COC(=O)C1(C)CC1(Cl)Cl. The molecule has 0 spiro atoms. The lowest BCUT2D eigenvalue weighted by Gasteiger charge is -2.12. The van der Waals surface area contributed by atoms with Gasteiger partial charge in [0.05, 0.1) is 0 Å². The number of amides is 1. The van der Waals surface area contributed by atoms with Gasteiger partial charge in [-0.25, -0.2) is 0 Å². The van der Waals surface area contributed by atoms with Gasteiger partial charge in [0, 0.05) is 13.0 Å². The number of carbonyl (C=O) groups excluding carboxylic acids is 2. The first-order valence-corrected chi connectivity index (χ1v) is 6.26. The maximum absolute atomic E-state index is 11.6. The molecule has 0 saturated heterocycles. The van der Waals surface area contributed by atoms with Crippen LogP contribution in [-0.4, -0.2) is 29.4 Å². The molecule has 4 nitrogen and oxygen atoms in total. The summed E-state index contributed by atoms with van der Waals surface area (Å²) in [5.41, 5.74) is -0.881. The largest absolute Gasteiger partial charge is 0.455 e. The van der Waals surface area contributed by atoms with Crippen LogP contribution in [0.4, 0.5) is 0 Å². The van der Waals surface area contributed by atoms with Crippen LogP contribution in [0.15, 0.2) is 0 Å². The van der Waals surface area contributed by atoms with Crippen molar-refractivity contribution in [3.8, 4) is 0 Å². The fourth-order valence-electron chi connectivity index (χ4n) is 1.28. The van der Waals surface area contributed by atoms with Gasteiger partial charge in [-0.15, -0.1) is 23.2 Å². The van der Waals surface area contributed by atoms with Gasteiger partial charge in [-0.05, 0) is 12.8 Å². The number of esters is 1. The van der Waals surface area contributed by atoms with E-state index in [1.165, 1.54) is 0 Å². The molecule has 0 heterocycles. The topological polar surface area (TPSA) is 55.4 Å². The molecule has 0 aromatic rings. The molecule has 0 aromatic carbocycles. The summed E-state index contributed by atoms with van der Waals surface area (Å²) in [6, 6.07) is 0. The highest BCUT2D eigenvalue weighted by atomic mass is 35.5. The normalized spacial score (nSPS) is 25.5. The lowest BCUT2D eigenvalue weighted by molar-refractivity contribution is -0.153. The number of rotatable bonds is 5. The molecule has 98 valence electrons. The van der Waals surface area contributed by atoms with Crippen molar-refractivity contribution in [1.29, 1.82) is 0 Å². The van der Waals surface area contributed by atoms with Crippen molar-refractivity contribution in [2.45, 2.75) is 31.5 Å². The second kappa shape index (κ2) is 5.02. The monoisotopic (exact) mass is 281 g/mol. The maximum Gasteiger partial charge on any atom is 0.315 e. The van der Waals surface area contributed by atoms with E-state index in [2.05, 4.69) is 5.32 Å². The van der Waals surface area contributed by atoms with E-state index in [-0.39, 0.29) is 12.5 Å². The summed E-state index contributed by atoms with van der Waals surface area (Å²) in [7, 11) is 0. The van der Waals surface area contributed by atoms with E-state index >= 15 is 0 Å². The van der Waals surface area contributed by atoms with Gasteiger partial charge in [-0.1, -0.05) is 13.8 Å². The van der Waals surface area contributed by atoms with E-state index in [0.717, 1.165) is 0 Å². The third-order valence-corrected chi connectivity index (χ3v) is 3.85. The van der Waals surface area contributed by atoms with Crippen LogP contribution in [0.3, 0.4) is 0 Å². The van der Waals surface area contributed by atoms with Crippen molar-refractivity contribution in [2.24, 2.45) is 11.3 Å². The van der Waals surface area contributed by atoms with Crippen LogP contribution in [0.5, 0.6) is 0 Å². The van der Waals surface area contributed by atoms with Gasteiger partial charge in [-0.3, -0.25) is 9.59 Å². The molecule has 1 fully saturated rings. The third-order valence-electron chi connectivity index (χ3n) is 2.75. The molecule has 0 bridgehead atoms. The highest BCUT2D eigenvalue weighted by Gasteiger charge is 2.69. The lowest BCUT2D eigenvalue weighted by atomic mass is 10.1. The molecular weight excluding hydrogens is 265 g/mol. The summed E-state index contributed by atoms with van der Waals surface area (Å²) in [6.07, 6.45) is 0.357. The first-order chi connectivity index (χ1) is 7.69. The Hall–Kier alpha value is -0.480. The Morgan fingerprint density at radius 2 is 1.94 bits per heavy atom. The van der Waals surface area contributed by atoms with Crippen LogP contribution >= 0.6 is 23.2 Å². The van der Waals surface area contributed by atoms with Crippen LogP contribution < -0.4 is 5.32 Å². The smallest absolute Gasteiger partial charge is 0.315 e. The van der Waals surface area contributed by atoms with Gasteiger partial charge < -0.3 is 10.1 Å². The summed E-state index contributed by atoms with van der Waals surface area (Å²) in [5.74, 6) is -0.484. The Kier molecular flexibility index (Phi) is 4.31. The number of ether oxygens (including phenoxy) is 1. The quantitative estimate of drug-likeness (QED) is 0.619. The average Bonchev–Trinajstić information content (AvgIpc) is 2.73. The third kappa shape index (κ3) is 3.49. The first-order valence-electron chi connectivity index (χ1n) is 5.51. The van der Waals surface area contributed by atoms with Crippen molar-refractivity contribution in [3.05, 3.63) is 0 Å². The first kappa shape index (κ1) is 14.6. The molecule has 0 aliphatic heterocycles. The molecule has 1 unspecified atom stereocenters. The molecule has 0 radical (unpaired) electrons. The maximum atomic E-state index is 11.6. The van der Waals surface area contributed by atoms with Gasteiger partial charge in [0.25, 0.3) is 5.91 Å². The highest BCUT2D eigenvalue weighted by molar-refractivity contribution is 6.53. The number of carbonyl (C=O) groups is 2. The summed E-state index contributed by atoms with van der Waals surface area (Å²) in [6.45, 7) is 5.86. The second-order valence-corrected chi connectivity index (χ2v) is 6.47.